The van der Waals surface area contributed by atoms with Gasteiger partial charge in [0.05, 0.1) is 22.6 Å². The van der Waals surface area contributed by atoms with Gasteiger partial charge in [-0.05, 0) is 60.1 Å². The van der Waals surface area contributed by atoms with E-state index < -0.39 is 10.0 Å². The summed E-state index contributed by atoms with van der Waals surface area (Å²) in [5.41, 5.74) is 1.82. The number of fused-ring (bicyclic) bond motifs is 1. The number of para-hydroxylation sites is 1. The van der Waals surface area contributed by atoms with Crippen LogP contribution in [0.2, 0.25) is 0 Å². The van der Waals surface area contributed by atoms with E-state index in [0.29, 0.717) is 29.8 Å². The number of hydrogen-bond acceptors (Lipinski definition) is 5. The number of carbonyl (C=O) groups is 1. The molecule has 29 heavy (non-hydrogen) atoms. The van der Waals surface area contributed by atoms with Crippen LogP contribution in [0.5, 0.6) is 0 Å². The minimum atomic E-state index is -3.60. The summed E-state index contributed by atoms with van der Waals surface area (Å²) in [6.45, 7) is 4.22. The summed E-state index contributed by atoms with van der Waals surface area (Å²) in [6, 6.07) is 11.4. The molecule has 0 saturated carbocycles. The Balaban J connectivity index is 1.63. The van der Waals surface area contributed by atoms with E-state index in [2.05, 4.69) is 41.6 Å². The maximum absolute atomic E-state index is 12.3. The zero-order valence-electron chi connectivity index (χ0n) is 15.9. The van der Waals surface area contributed by atoms with Crippen LogP contribution in [0.1, 0.15) is 13.8 Å². The zero-order valence-corrected chi connectivity index (χ0v) is 18.3. The summed E-state index contributed by atoms with van der Waals surface area (Å²) >= 11 is 3.37. The van der Waals surface area contributed by atoms with Gasteiger partial charge in [0.15, 0.2) is 0 Å². The lowest BCUT2D eigenvalue weighted by atomic mass is 10.3. The molecule has 0 fully saturated rings. The molecule has 0 unspecified atom stereocenters. The maximum atomic E-state index is 12.3. The average Bonchev–Trinajstić information content (AvgIpc) is 3.05. The Morgan fingerprint density at radius 3 is 2.69 bits per heavy atom. The summed E-state index contributed by atoms with van der Waals surface area (Å²) in [5.74, 6) is 0. The largest absolute Gasteiger partial charge is 0.336 e. The lowest BCUT2D eigenvalue weighted by Crippen LogP contribution is -2.31. The van der Waals surface area contributed by atoms with Gasteiger partial charge in [-0.2, -0.15) is 0 Å². The normalized spacial score (nSPS) is 11.7. The monoisotopic (exact) mass is 480 g/mol. The molecule has 0 atom stereocenters. The topological polar surface area (TPSA) is 118 Å². The highest BCUT2D eigenvalue weighted by molar-refractivity contribution is 9.10. The van der Waals surface area contributed by atoms with Crippen molar-refractivity contribution in [2.75, 3.05) is 11.9 Å². The van der Waals surface area contributed by atoms with Crippen LogP contribution in [-0.2, 0) is 16.6 Å². The lowest BCUT2D eigenvalue weighted by Gasteiger charge is -2.10. The molecular formula is C18H21BrN6O3S. The molecule has 3 N–H and O–H groups in total. The molecule has 1 heterocycles. The first kappa shape index (κ1) is 21.2. The molecule has 154 valence electrons. The van der Waals surface area contributed by atoms with E-state index in [9.17, 15) is 13.2 Å². The molecular weight excluding hydrogens is 460 g/mol. The van der Waals surface area contributed by atoms with Crippen molar-refractivity contribution in [2.45, 2.75) is 31.3 Å². The Morgan fingerprint density at radius 1 is 1.21 bits per heavy atom. The van der Waals surface area contributed by atoms with E-state index in [4.69, 9.17) is 0 Å². The van der Waals surface area contributed by atoms with Crippen LogP contribution >= 0.6 is 15.9 Å². The third-order valence-corrected chi connectivity index (χ3v) is 6.27. The number of rotatable bonds is 7. The lowest BCUT2D eigenvalue weighted by molar-refractivity contribution is 0.251. The molecule has 11 heteroatoms. The predicted molar refractivity (Wildman–Crippen MR) is 114 cm³/mol. The smallest absolute Gasteiger partial charge is 0.319 e. The number of hydrogen-bond donors (Lipinski definition) is 3. The van der Waals surface area contributed by atoms with Crippen LogP contribution < -0.4 is 15.4 Å². The number of halogens is 1. The molecule has 0 aliphatic heterocycles. The molecule has 0 spiro atoms. The minimum absolute atomic E-state index is 0.136. The molecule has 3 rings (SSSR count). The predicted octanol–water partition coefficient (Wildman–Crippen LogP) is 2.70. The first-order valence-electron chi connectivity index (χ1n) is 8.91. The van der Waals surface area contributed by atoms with Crippen LogP contribution in [0, 0.1) is 0 Å². The molecule has 3 aromatic rings. The molecule has 0 aliphatic carbocycles. The number of carbonyl (C=O) groups excluding carboxylic acids is 1. The van der Waals surface area contributed by atoms with Crippen molar-refractivity contribution < 1.29 is 13.2 Å². The molecule has 9 nitrogen and oxygen atoms in total. The van der Waals surface area contributed by atoms with Gasteiger partial charge < -0.3 is 10.6 Å². The number of sulfonamides is 1. The van der Waals surface area contributed by atoms with Crippen LogP contribution in [0.25, 0.3) is 11.0 Å². The van der Waals surface area contributed by atoms with Crippen molar-refractivity contribution >= 4 is 48.7 Å². The van der Waals surface area contributed by atoms with Crippen molar-refractivity contribution in [3.8, 4) is 0 Å². The second-order valence-electron chi connectivity index (χ2n) is 6.60. The third kappa shape index (κ3) is 5.31. The highest BCUT2D eigenvalue weighted by Gasteiger charge is 2.17. The number of anilines is 1. The second kappa shape index (κ2) is 8.89. The fraction of sp³-hybridized carbons (Fsp3) is 0.278. The van der Waals surface area contributed by atoms with E-state index >= 15 is 0 Å². The van der Waals surface area contributed by atoms with Gasteiger partial charge in [-0.15, -0.1) is 5.10 Å². The summed E-state index contributed by atoms with van der Waals surface area (Å²) in [5, 5.41) is 13.6. The molecule has 1 aromatic heterocycles. The Morgan fingerprint density at radius 2 is 1.97 bits per heavy atom. The van der Waals surface area contributed by atoms with Crippen molar-refractivity contribution in [1.29, 1.82) is 0 Å². The van der Waals surface area contributed by atoms with E-state index in [1.165, 1.54) is 12.1 Å². The van der Waals surface area contributed by atoms with E-state index in [1.54, 1.807) is 30.7 Å². The fourth-order valence-electron chi connectivity index (χ4n) is 2.67. The summed E-state index contributed by atoms with van der Waals surface area (Å²) in [4.78, 5) is 12.2. The molecule has 2 aromatic carbocycles. The van der Waals surface area contributed by atoms with Crippen molar-refractivity contribution in [3.63, 3.8) is 0 Å². The summed E-state index contributed by atoms with van der Waals surface area (Å²) in [6.07, 6.45) is 0. The number of urea groups is 1. The van der Waals surface area contributed by atoms with Gasteiger partial charge >= 0.3 is 6.03 Å². The van der Waals surface area contributed by atoms with Crippen LogP contribution in [0.4, 0.5) is 10.5 Å². The number of amides is 2. The highest BCUT2D eigenvalue weighted by atomic mass is 79.9. The maximum Gasteiger partial charge on any atom is 0.319 e. The highest BCUT2D eigenvalue weighted by Crippen LogP contribution is 2.21. The van der Waals surface area contributed by atoms with Crippen molar-refractivity contribution in [3.05, 3.63) is 46.9 Å². The summed E-state index contributed by atoms with van der Waals surface area (Å²) in [7, 11) is -3.60. The Bertz CT molecular complexity index is 1130. The first-order chi connectivity index (χ1) is 13.8. The summed E-state index contributed by atoms with van der Waals surface area (Å²) < 4.78 is 29.5. The van der Waals surface area contributed by atoms with Crippen LogP contribution in [-0.4, -0.2) is 42.0 Å². The van der Waals surface area contributed by atoms with Gasteiger partial charge in [-0.1, -0.05) is 17.3 Å². The van der Waals surface area contributed by atoms with Gasteiger partial charge in [0.1, 0.15) is 5.52 Å². The molecule has 0 aliphatic rings. The van der Waals surface area contributed by atoms with Gasteiger partial charge in [-0.3, -0.25) is 0 Å². The molecule has 0 radical (unpaired) electrons. The van der Waals surface area contributed by atoms with Gasteiger partial charge in [-0.25, -0.2) is 22.6 Å². The number of benzene rings is 2. The Kier molecular flexibility index (Phi) is 6.50. The second-order valence-corrected chi connectivity index (χ2v) is 9.17. The van der Waals surface area contributed by atoms with Crippen molar-refractivity contribution in [2.24, 2.45) is 0 Å². The van der Waals surface area contributed by atoms with E-state index in [0.717, 1.165) is 4.47 Å². The quantitative estimate of drug-likeness (QED) is 0.480. The van der Waals surface area contributed by atoms with Crippen LogP contribution in [0.3, 0.4) is 0 Å². The zero-order chi connectivity index (χ0) is 21.0. The third-order valence-electron chi connectivity index (χ3n) is 3.92. The van der Waals surface area contributed by atoms with E-state index in [1.807, 2.05) is 18.2 Å². The standard InChI is InChI=1S/C18H21BrN6O3S/c1-12(2)23-29(27,28)13-7-8-17-16(11-13)22-24-25(17)10-9-20-18(26)21-15-6-4-3-5-14(15)19/h3-8,11-12,23H,9-10H2,1-2H3,(H2,20,21,26). The molecule has 0 bridgehead atoms. The van der Waals surface area contributed by atoms with Gasteiger partial charge in [0, 0.05) is 17.1 Å². The SMILES string of the molecule is CC(C)NS(=O)(=O)c1ccc2c(c1)nnn2CCNC(=O)Nc1ccccc1Br. The number of aromatic nitrogens is 3. The number of nitrogens with zero attached hydrogens (tertiary/aromatic N) is 3. The van der Waals surface area contributed by atoms with Gasteiger partial charge in [0.2, 0.25) is 10.0 Å². The van der Waals surface area contributed by atoms with Crippen LogP contribution in [0.15, 0.2) is 51.8 Å². The number of nitrogens with one attached hydrogen (secondary N) is 3. The van der Waals surface area contributed by atoms with E-state index in [-0.39, 0.29) is 17.0 Å². The first-order valence-corrected chi connectivity index (χ1v) is 11.2. The molecule has 2 amide bonds. The minimum Gasteiger partial charge on any atom is -0.336 e. The Hall–Kier alpha value is -2.50. The molecule has 0 saturated heterocycles. The average molecular weight is 481 g/mol. The van der Waals surface area contributed by atoms with Gasteiger partial charge in [0.25, 0.3) is 0 Å². The Labute approximate surface area is 177 Å². The fourth-order valence-corrected chi connectivity index (χ4v) is 4.32. The van der Waals surface area contributed by atoms with Crippen molar-refractivity contribution in [1.82, 2.24) is 25.0 Å².